The van der Waals surface area contributed by atoms with E-state index in [4.69, 9.17) is 4.74 Å². The predicted molar refractivity (Wildman–Crippen MR) is 185 cm³/mol. The van der Waals surface area contributed by atoms with E-state index in [2.05, 4.69) is 38.3 Å². The van der Waals surface area contributed by atoms with Crippen molar-refractivity contribution in [3.63, 3.8) is 0 Å². The third-order valence-electron chi connectivity index (χ3n) is 12.6. The molecule has 48 heavy (non-hydrogen) atoms. The summed E-state index contributed by atoms with van der Waals surface area (Å²) in [4.78, 5) is 32.9. The molecule has 8 rings (SSSR count). The number of hydrogen-bond donors (Lipinski definition) is 1. The molecule has 1 N–H and O–H groups in total. The monoisotopic (exact) mass is 673 g/mol. The van der Waals surface area contributed by atoms with Gasteiger partial charge >= 0.3 is 10.2 Å². The zero-order valence-corrected chi connectivity index (χ0v) is 29.5. The lowest BCUT2D eigenvalue weighted by atomic mass is 9.81. The second-order valence-electron chi connectivity index (χ2n) is 15.2. The largest absolute Gasteiger partial charge is 0.497 e. The van der Waals surface area contributed by atoms with Crippen LogP contribution in [0.4, 0.5) is 0 Å². The number of likely N-dealkylation sites (N-methyl/N-ethyl adjacent to an activating group) is 2. The fraction of sp³-hybridized carbons (Fsp3) is 0.568. The molecule has 3 aliphatic heterocycles. The summed E-state index contributed by atoms with van der Waals surface area (Å²) in [5.74, 6) is 0.727. The van der Waals surface area contributed by atoms with E-state index in [9.17, 15) is 18.0 Å². The molecule has 2 aliphatic carbocycles. The average molecular weight is 674 g/mol. The van der Waals surface area contributed by atoms with E-state index in [1.54, 1.807) is 13.2 Å². The molecule has 11 heteroatoms. The van der Waals surface area contributed by atoms with Gasteiger partial charge in [-0.3, -0.25) is 14.5 Å². The van der Waals surface area contributed by atoms with Gasteiger partial charge in [0.1, 0.15) is 5.75 Å². The molecule has 0 spiro atoms. The highest BCUT2D eigenvalue weighted by Gasteiger charge is 2.64. The quantitative estimate of drug-likeness (QED) is 0.375. The lowest BCUT2D eigenvalue weighted by Gasteiger charge is -2.34. The molecule has 256 valence electrons. The van der Waals surface area contributed by atoms with Crippen molar-refractivity contribution < 1.29 is 22.7 Å². The number of carbonyl (C=O) groups excluding carboxylic acids is 2. The van der Waals surface area contributed by atoms with Crippen LogP contribution in [0.2, 0.25) is 0 Å². The van der Waals surface area contributed by atoms with Crippen molar-refractivity contribution in [2.75, 3.05) is 35.3 Å². The SMILES string of the molecule is COc1ccc2c(c1)C1CC1(C(=O)N(C)C1CC3CCC1N3C)Cn1c-2c(C2CCCCC2)c2ccc(C(=O)NS(=O)(=O)N(C)C)cc21. The van der Waals surface area contributed by atoms with Gasteiger partial charge in [0.15, 0.2) is 0 Å². The Hall–Kier alpha value is -3.41. The first-order valence-corrected chi connectivity index (χ1v) is 19.0. The summed E-state index contributed by atoms with van der Waals surface area (Å²) in [5, 5.41) is 1.08. The number of rotatable bonds is 7. The number of benzene rings is 2. The minimum Gasteiger partial charge on any atom is -0.497 e. The Labute approximate surface area is 283 Å². The fourth-order valence-electron chi connectivity index (χ4n) is 9.83. The molecule has 5 aliphatic rings. The van der Waals surface area contributed by atoms with Gasteiger partial charge in [-0.2, -0.15) is 12.7 Å². The fourth-order valence-corrected chi connectivity index (χ4v) is 10.4. The highest BCUT2D eigenvalue weighted by molar-refractivity contribution is 7.87. The summed E-state index contributed by atoms with van der Waals surface area (Å²) < 4.78 is 36.4. The molecule has 0 radical (unpaired) electrons. The molecule has 1 aromatic heterocycles. The Morgan fingerprint density at radius 1 is 1.00 bits per heavy atom. The number of aromatic nitrogens is 1. The summed E-state index contributed by atoms with van der Waals surface area (Å²) in [6, 6.07) is 13.0. The highest BCUT2D eigenvalue weighted by Crippen LogP contribution is 2.66. The molecule has 3 aromatic rings. The molecule has 10 nitrogen and oxygen atoms in total. The summed E-state index contributed by atoms with van der Waals surface area (Å²) in [7, 11) is 4.72. The van der Waals surface area contributed by atoms with E-state index >= 15 is 0 Å². The molecule has 5 atom stereocenters. The minimum atomic E-state index is -3.97. The molecule has 2 saturated carbocycles. The molecular weight excluding hydrogens is 627 g/mol. The average Bonchev–Trinajstić information content (AvgIpc) is 3.48. The molecule has 2 saturated heterocycles. The maximum Gasteiger partial charge on any atom is 0.303 e. The van der Waals surface area contributed by atoms with Crippen LogP contribution in [0.1, 0.15) is 91.1 Å². The van der Waals surface area contributed by atoms with Crippen LogP contribution in [-0.2, 0) is 21.5 Å². The number of methoxy groups -OCH3 is 1. The number of nitrogens with zero attached hydrogens (tertiary/aromatic N) is 4. The van der Waals surface area contributed by atoms with E-state index in [1.807, 2.05) is 25.2 Å². The Morgan fingerprint density at radius 3 is 2.44 bits per heavy atom. The highest BCUT2D eigenvalue weighted by atomic mass is 32.2. The van der Waals surface area contributed by atoms with Gasteiger partial charge < -0.3 is 14.2 Å². The van der Waals surface area contributed by atoms with Crippen molar-refractivity contribution in [2.24, 2.45) is 5.41 Å². The second kappa shape index (κ2) is 11.3. The second-order valence-corrected chi connectivity index (χ2v) is 17.1. The van der Waals surface area contributed by atoms with Crippen molar-refractivity contribution in [1.29, 1.82) is 0 Å². The normalized spacial score (nSPS) is 28.1. The molecule has 2 bridgehead atoms. The predicted octanol–water partition coefficient (Wildman–Crippen LogP) is 5.08. The van der Waals surface area contributed by atoms with E-state index in [0.29, 0.717) is 24.5 Å². The molecule has 4 heterocycles. The van der Waals surface area contributed by atoms with Crippen LogP contribution in [-0.4, -0.2) is 92.3 Å². The smallest absolute Gasteiger partial charge is 0.303 e. The van der Waals surface area contributed by atoms with E-state index in [1.165, 1.54) is 45.3 Å². The zero-order chi connectivity index (χ0) is 33.7. The Bertz CT molecular complexity index is 1930. The number of nitrogens with one attached hydrogen (secondary N) is 1. The van der Waals surface area contributed by atoms with Gasteiger partial charge in [-0.15, -0.1) is 0 Å². The third-order valence-corrected chi connectivity index (χ3v) is 14.0. The van der Waals surface area contributed by atoms with Crippen molar-refractivity contribution >= 4 is 32.9 Å². The summed E-state index contributed by atoms with van der Waals surface area (Å²) in [6.07, 6.45) is 9.86. The number of carbonyl (C=O) groups is 2. The maximum absolute atomic E-state index is 14.9. The van der Waals surface area contributed by atoms with Crippen LogP contribution >= 0.6 is 0 Å². The maximum atomic E-state index is 14.9. The number of ether oxygens (including phenoxy) is 1. The zero-order valence-electron chi connectivity index (χ0n) is 28.7. The van der Waals surface area contributed by atoms with Crippen LogP contribution in [0.25, 0.3) is 22.2 Å². The number of fused-ring (bicyclic) bond motifs is 9. The number of hydrogen-bond acceptors (Lipinski definition) is 6. The van der Waals surface area contributed by atoms with Crippen LogP contribution in [0.15, 0.2) is 36.4 Å². The Balaban J connectivity index is 1.30. The van der Waals surface area contributed by atoms with Crippen molar-refractivity contribution in [2.45, 2.75) is 94.3 Å². The van der Waals surface area contributed by atoms with Gasteiger partial charge in [-0.25, -0.2) is 4.72 Å². The van der Waals surface area contributed by atoms with Gasteiger partial charge in [-0.1, -0.05) is 25.3 Å². The topological polar surface area (TPSA) is 104 Å². The van der Waals surface area contributed by atoms with Gasteiger partial charge in [0.25, 0.3) is 5.91 Å². The number of amides is 2. The molecule has 5 unspecified atom stereocenters. The van der Waals surface area contributed by atoms with Gasteiger partial charge in [-0.05, 0) is 92.9 Å². The first-order valence-electron chi connectivity index (χ1n) is 17.5. The van der Waals surface area contributed by atoms with Gasteiger partial charge in [0.2, 0.25) is 5.91 Å². The summed E-state index contributed by atoms with van der Waals surface area (Å²) in [5.41, 5.74) is 5.25. The lowest BCUT2D eigenvalue weighted by Crippen LogP contribution is -2.48. The van der Waals surface area contributed by atoms with Crippen LogP contribution < -0.4 is 9.46 Å². The van der Waals surface area contributed by atoms with Gasteiger partial charge in [0.05, 0.1) is 18.2 Å². The van der Waals surface area contributed by atoms with E-state index < -0.39 is 21.5 Å². The first kappa shape index (κ1) is 31.8. The first-order chi connectivity index (χ1) is 22.9. The summed E-state index contributed by atoms with van der Waals surface area (Å²) >= 11 is 0. The van der Waals surface area contributed by atoms with Crippen molar-refractivity contribution in [3.8, 4) is 17.0 Å². The Kier molecular flexibility index (Phi) is 7.50. The summed E-state index contributed by atoms with van der Waals surface area (Å²) in [6.45, 7) is 0.508. The molecular formula is C37H47N5O5S. The van der Waals surface area contributed by atoms with E-state index in [0.717, 1.165) is 69.9 Å². The molecule has 4 fully saturated rings. The lowest BCUT2D eigenvalue weighted by molar-refractivity contribution is -0.139. The Morgan fingerprint density at radius 2 is 1.77 bits per heavy atom. The van der Waals surface area contributed by atoms with Crippen LogP contribution in [0, 0.1) is 5.41 Å². The van der Waals surface area contributed by atoms with E-state index in [-0.39, 0.29) is 23.4 Å². The molecule has 2 amide bonds. The van der Waals surface area contributed by atoms with Crippen LogP contribution in [0.5, 0.6) is 5.75 Å². The van der Waals surface area contributed by atoms with Crippen molar-refractivity contribution in [3.05, 3.63) is 53.1 Å². The van der Waals surface area contributed by atoms with Gasteiger partial charge in [0, 0.05) is 73.8 Å². The van der Waals surface area contributed by atoms with Crippen LogP contribution in [0.3, 0.4) is 0 Å². The third kappa shape index (κ3) is 4.75. The van der Waals surface area contributed by atoms with Crippen molar-refractivity contribution in [1.82, 2.24) is 23.4 Å². The standard InChI is InChI=1S/C37H47N5O5S/c1-39(2)48(45,46)38-35(43)23-11-14-27-31(17-23)42-21-37(36(44)41(4)32-18-24-12-16-30(32)40(24)3)20-29(37)28-19-25(47-5)13-15-26(28)34(42)33(27)22-9-7-6-8-10-22/h11,13-15,17,19,22,24,29-30,32H,6-10,12,16,18,20-21H2,1-5H3,(H,38,43). The minimum absolute atomic E-state index is 0.0553. The molecule has 2 aromatic carbocycles.